The van der Waals surface area contributed by atoms with Crippen molar-refractivity contribution in [3.63, 3.8) is 0 Å². The first-order chi connectivity index (χ1) is 8.58. The summed E-state index contributed by atoms with van der Waals surface area (Å²) in [7, 11) is 0. The standard InChI is InChI=1S/C12H11NO5/c1-12(11(14)15)5-8(13-18-12)7-2-3-9-10(4-7)17-6-16-9/h2-4H,5-6H2,1H3,(H,14,15). The largest absolute Gasteiger partial charge is 0.478 e. The van der Waals surface area contributed by atoms with Crippen molar-refractivity contribution in [2.75, 3.05) is 6.79 Å². The molecule has 0 radical (unpaired) electrons. The molecule has 2 heterocycles. The van der Waals surface area contributed by atoms with E-state index in [1.54, 1.807) is 12.1 Å². The molecular formula is C12H11NO5. The molecule has 1 N–H and O–H groups in total. The third-order valence-corrected chi connectivity index (χ3v) is 3.02. The summed E-state index contributed by atoms with van der Waals surface area (Å²) >= 11 is 0. The number of ether oxygens (including phenoxy) is 2. The summed E-state index contributed by atoms with van der Waals surface area (Å²) in [5.41, 5.74) is 0.0912. The summed E-state index contributed by atoms with van der Waals surface area (Å²) < 4.78 is 10.5. The van der Waals surface area contributed by atoms with Crippen LogP contribution in [0.15, 0.2) is 23.4 Å². The second-order valence-corrected chi connectivity index (χ2v) is 4.41. The fraction of sp³-hybridized carbons (Fsp3) is 0.333. The van der Waals surface area contributed by atoms with E-state index in [-0.39, 0.29) is 13.2 Å². The quantitative estimate of drug-likeness (QED) is 0.856. The molecule has 1 aromatic carbocycles. The Hall–Kier alpha value is -2.24. The molecule has 6 heteroatoms. The van der Waals surface area contributed by atoms with Gasteiger partial charge >= 0.3 is 5.97 Å². The number of oxime groups is 1. The molecule has 1 atom stereocenters. The Kier molecular flexibility index (Phi) is 2.19. The molecule has 0 spiro atoms. The molecule has 0 fully saturated rings. The molecule has 0 aliphatic carbocycles. The summed E-state index contributed by atoms with van der Waals surface area (Å²) in [6.07, 6.45) is 0.224. The second kappa shape index (κ2) is 3.63. The first kappa shape index (κ1) is 10.9. The SMILES string of the molecule is CC1(C(=O)O)CC(c2ccc3c(c2)OCO3)=NO1. The van der Waals surface area contributed by atoms with Gasteiger partial charge in [0.1, 0.15) is 0 Å². The first-order valence-corrected chi connectivity index (χ1v) is 5.47. The monoisotopic (exact) mass is 249 g/mol. The first-order valence-electron chi connectivity index (χ1n) is 5.47. The lowest BCUT2D eigenvalue weighted by atomic mass is 9.96. The van der Waals surface area contributed by atoms with Crippen molar-refractivity contribution >= 4 is 11.7 Å². The molecule has 0 saturated heterocycles. The lowest BCUT2D eigenvalue weighted by molar-refractivity contribution is -0.160. The zero-order chi connectivity index (χ0) is 12.8. The molecule has 2 aliphatic rings. The van der Waals surface area contributed by atoms with Crippen LogP contribution in [0.5, 0.6) is 11.5 Å². The second-order valence-electron chi connectivity index (χ2n) is 4.41. The van der Waals surface area contributed by atoms with Gasteiger partial charge in [0.15, 0.2) is 11.5 Å². The third-order valence-electron chi connectivity index (χ3n) is 3.02. The Bertz CT molecular complexity index is 553. The smallest absolute Gasteiger partial charge is 0.351 e. The number of benzene rings is 1. The molecule has 2 aliphatic heterocycles. The molecule has 0 saturated carbocycles. The van der Waals surface area contributed by atoms with Crippen LogP contribution in [-0.4, -0.2) is 29.2 Å². The van der Waals surface area contributed by atoms with Crippen LogP contribution in [0, 0.1) is 0 Å². The van der Waals surface area contributed by atoms with E-state index in [0.29, 0.717) is 17.2 Å². The predicted molar refractivity (Wildman–Crippen MR) is 60.8 cm³/mol. The molecule has 0 aromatic heterocycles. The number of hydrogen-bond acceptors (Lipinski definition) is 5. The minimum absolute atomic E-state index is 0.203. The van der Waals surface area contributed by atoms with Gasteiger partial charge in [0.2, 0.25) is 12.4 Å². The average molecular weight is 249 g/mol. The van der Waals surface area contributed by atoms with Gasteiger partial charge < -0.3 is 19.4 Å². The van der Waals surface area contributed by atoms with E-state index in [2.05, 4.69) is 5.16 Å². The fourth-order valence-electron chi connectivity index (χ4n) is 1.89. The Balaban J connectivity index is 1.87. The van der Waals surface area contributed by atoms with Gasteiger partial charge in [0.25, 0.3) is 0 Å². The van der Waals surface area contributed by atoms with E-state index in [1.807, 2.05) is 6.07 Å². The van der Waals surface area contributed by atoms with Gasteiger partial charge in [-0.1, -0.05) is 5.16 Å². The average Bonchev–Trinajstić information content (AvgIpc) is 2.95. The molecule has 6 nitrogen and oxygen atoms in total. The number of rotatable bonds is 2. The van der Waals surface area contributed by atoms with Crippen LogP contribution >= 0.6 is 0 Å². The van der Waals surface area contributed by atoms with Crippen LogP contribution in [0.1, 0.15) is 18.9 Å². The Morgan fingerprint density at radius 3 is 2.89 bits per heavy atom. The maximum Gasteiger partial charge on any atom is 0.351 e. The van der Waals surface area contributed by atoms with E-state index in [0.717, 1.165) is 5.56 Å². The number of carbonyl (C=O) groups is 1. The molecule has 1 unspecified atom stereocenters. The van der Waals surface area contributed by atoms with E-state index >= 15 is 0 Å². The van der Waals surface area contributed by atoms with E-state index in [1.165, 1.54) is 6.92 Å². The summed E-state index contributed by atoms with van der Waals surface area (Å²) in [6.45, 7) is 1.70. The number of aliphatic carboxylic acids is 1. The van der Waals surface area contributed by atoms with Gasteiger partial charge in [0.05, 0.1) is 5.71 Å². The number of carboxylic acid groups (broad SMARTS) is 1. The van der Waals surface area contributed by atoms with E-state index < -0.39 is 11.6 Å². The maximum absolute atomic E-state index is 11.0. The molecule has 94 valence electrons. The van der Waals surface area contributed by atoms with Gasteiger partial charge in [-0.15, -0.1) is 0 Å². The summed E-state index contributed by atoms with van der Waals surface area (Å²) in [4.78, 5) is 16.0. The van der Waals surface area contributed by atoms with Gasteiger partial charge in [-0.3, -0.25) is 0 Å². The highest BCUT2D eigenvalue weighted by atomic mass is 16.7. The molecule has 0 amide bonds. The van der Waals surface area contributed by atoms with Crippen molar-refractivity contribution in [3.05, 3.63) is 23.8 Å². The summed E-state index contributed by atoms with van der Waals surface area (Å²) in [5, 5.41) is 12.9. The minimum atomic E-state index is -1.29. The molecule has 1 aromatic rings. The Labute approximate surface area is 103 Å². The van der Waals surface area contributed by atoms with Gasteiger partial charge in [0, 0.05) is 12.0 Å². The van der Waals surface area contributed by atoms with Crippen molar-refractivity contribution in [3.8, 4) is 11.5 Å². The maximum atomic E-state index is 11.0. The number of carboxylic acids is 1. The van der Waals surface area contributed by atoms with E-state index in [9.17, 15) is 4.79 Å². The van der Waals surface area contributed by atoms with Crippen molar-refractivity contribution in [2.45, 2.75) is 18.9 Å². The minimum Gasteiger partial charge on any atom is -0.478 e. The van der Waals surface area contributed by atoms with Gasteiger partial charge in [-0.25, -0.2) is 4.79 Å². The Morgan fingerprint density at radius 2 is 2.17 bits per heavy atom. The van der Waals surface area contributed by atoms with Crippen molar-refractivity contribution < 1.29 is 24.2 Å². The van der Waals surface area contributed by atoms with E-state index in [4.69, 9.17) is 19.4 Å². The van der Waals surface area contributed by atoms with Crippen LogP contribution in [-0.2, 0) is 9.63 Å². The normalized spacial score (nSPS) is 24.6. The third kappa shape index (κ3) is 1.57. The molecule has 3 rings (SSSR count). The zero-order valence-electron chi connectivity index (χ0n) is 9.67. The van der Waals surface area contributed by atoms with Crippen molar-refractivity contribution in [2.24, 2.45) is 5.16 Å². The summed E-state index contributed by atoms with van der Waals surface area (Å²) in [5.74, 6) is 0.292. The van der Waals surface area contributed by atoms with Crippen LogP contribution in [0.3, 0.4) is 0 Å². The molecule has 18 heavy (non-hydrogen) atoms. The van der Waals surface area contributed by atoms with Gasteiger partial charge in [-0.05, 0) is 25.1 Å². The number of nitrogens with zero attached hydrogens (tertiary/aromatic N) is 1. The summed E-state index contributed by atoms with van der Waals surface area (Å²) in [6, 6.07) is 5.36. The lowest BCUT2D eigenvalue weighted by Gasteiger charge is -2.14. The topological polar surface area (TPSA) is 77.4 Å². The van der Waals surface area contributed by atoms with Crippen LogP contribution in [0.4, 0.5) is 0 Å². The van der Waals surface area contributed by atoms with Crippen LogP contribution in [0.25, 0.3) is 0 Å². The number of fused-ring (bicyclic) bond motifs is 1. The van der Waals surface area contributed by atoms with Crippen LogP contribution < -0.4 is 9.47 Å². The highest BCUT2D eigenvalue weighted by molar-refractivity contribution is 6.04. The highest BCUT2D eigenvalue weighted by Gasteiger charge is 2.42. The van der Waals surface area contributed by atoms with Gasteiger partial charge in [-0.2, -0.15) is 0 Å². The fourth-order valence-corrected chi connectivity index (χ4v) is 1.89. The Morgan fingerprint density at radius 1 is 1.39 bits per heavy atom. The van der Waals surface area contributed by atoms with Crippen LogP contribution in [0.2, 0.25) is 0 Å². The molecule has 0 bridgehead atoms. The van der Waals surface area contributed by atoms with Crippen molar-refractivity contribution in [1.82, 2.24) is 0 Å². The number of hydrogen-bond donors (Lipinski definition) is 1. The van der Waals surface area contributed by atoms with Crippen molar-refractivity contribution in [1.29, 1.82) is 0 Å². The molecular weight excluding hydrogens is 238 g/mol. The predicted octanol–water partition coefficient (Wildman–Crippen LogP) is 1.38. The highest BCUT2D eigenvalue weighted by Crippen LogP contribution is 2.35. The zero-order valence-corrected chi connectivity index (χ0v) is 9.67. The lowest BCUT2D eigenvalue weighted by Crippen LogP contribution is -2.35.